The number of nitro benzene ring substituents is 1. The maximum Gasteiger partial charge on any atom is 0.269 e. The van der Waals surface area contributed by atoms with E-state index in [1.165, 1.54) is 12.1 Å². The molecular formula is C22H20BrClN2O4. The van der Waals surface area contributed by atoms with Gasteiger partial charge >= 0.3 is 0 Å². The Bertz CT molecular complexity index is 1030. The summed E-state index contributed by atoms with van der Waals surface area (Å²) < 4.78 is 12.5. The molecule has 0 bridgehead atoms. The molecule has 0 saturated heterocycles. The van der Waals surface area contributed by atoms with Crippen molar-refractivity contribution < 1.29 is 14.4 Å². The lowest BCUT2D eigenvalue weighted by molar-refractivity contribution is -0.384. The van der Waals surface area contributed by atoms with Crippen LogP contribution < -0.4 is 14.8 Å². The highest BCUT2D eigenvalue weighted by Gasteiger charge is 2.09. The van der Waals surface area contributed by atoms with E-state index >= 15 is 0 Å². The molecule has 0 radical (unpaired) electrons. The van der Waals surface area contributed by atoms with Crippen molar-refractivity contribution >= 4 is 38.9 Å². The minimum Gasteiger partial charge on any atom is -0.490 e. The van der Waals surface area contributed by atoms with E-state index in [-0.39, 0.29) is 12.3 Å². The fourth-order valence-electron chi connectivity index (χ4n) is 2.74. The number of nitrogens with one attached hydrogen (secondary N) is 1. The zero-order chi connectivity index (χ0) is 21.5. The van der Waals surface area contributed by atoms with Crippen molar-refractivity contribution in [2.45, 2.75) is 20.1 Å². The third-order valence-electron chi connectivity index (χ3n) is 4.27. The molecule has 0 heterocycles. The molecule has 0 spiro atoms. The molecule has 8 heteroatoms. The summed E-state index contributed by atoms with van der Waals surface area (Å²) in [6.07, 6.45) is 0. The zero-order valence-corrected chi connectivity index (χ0v) is 18.6. The maximum atomic E-state index is 10.8. The quantitative estimate of drug-likeness (QED) is 0.270. The van der Waals surface area contributed by atoms with Crippen molar-refractivity contribution in [3.8, 4) is 11.5 Å². The van der Waals surface area contributed by atoms with Crippen LogP contribution in [0.1, 0.15) is 18.1 Å². The third-order valence-corrected chi connectivity index (χ3v) is 5.50. The number of hydrogen-bond donors (Lipinski definition) is 1. The largest absolute Gasteiger partial charge is 0.490 e. The predicted octanol–water partition coefficient (Wildman–Crippen LogP) is 6.60. The lowest BCUT2D eigenvalue weighted by atomic mass is 10.2. The van der Waals surface area contributed by atoms with Gasteiger partial charge in [0, 0.05) is 28.8 Å². The molecule has 156 valence electrons. The molecule has 3 aromatic rings. The van der Waals surface area contributed by atoms with E-state index in [4.69, 9.17) is 21.1 Å². The van der Waals surface area contributed by atoms with Gasteiger partial charge in [0.25, 0.3) is 5.69 Å². The lowest BCUT2D eigenvalue weighted by Crippen LogP contribution is -2.03. The second-order valence-electron chi connectivity index (χ2n) is 6.41. The Morgan fingerprint density at radius 1 is 1.00 bits per heavy atom. The lowest BCUT2D eigenvalue weighted by Gasteiger charge is -2.14. The SMILES string of the molecule is CCOc1cc(CNc2ccc(Br)c(Cl)c2)ccc1OCc1ccc([N+](=O)[O-])cc1. The Morgan fingerprint density at radius 3 is 2.40 bits per heavy atom. The first-order chi connectivity index (χ1) is 14.5. The molecule has 0 aliphatic rings. The van der Waals surface area contributed by atoms with Gasteiger partial charge in [-0.1, -0.05) is 17.7 Å². The van der Waals surface area contributed by atoms with Crippen LogP contribution in [0.3, 0.4) is 0 Å². The molecule has 0 atom stereocenters. The molecule has 0 aliphatic heterocycles. The highest BCUT2D eigenvalue weighted by atomic mass is 79.9. The van der Waals surface area contributed by atoms with Gasteiger partial charge in [0.05, 0.1) is 16.6 Å². The number of benzene rings is 3. The van der Waals surface area contributed by atoms with Gasteiger partial charge in [-0.05, 0) is 76.4 Å². The van der Waals surface area contributed by atoms with Crippen molar-refractivity contribution in [1.82, 2.24) is 0 Å². The number of nitro groups is 1. The van der Waals surface area contributed by atoms with E-state index in [0.29, 0.717) is 29.7 Å². The van der Waals surface area contributed by atoms with E-state index in [0.717, 1.165) is 21.3 Å². The average Bonchev–Trinajstić information content (AvgIpc) is 2.74. The molecule has 0 aliphatic carbocycles. The Kier molecular flexibility index (Phi) is 7.54. The molecule has 0 saturated carbocycles. The zero-order valence-electron chi connectivity index (χ0n) is 16.2. The van der Waals surface area contributed by atoms with Gasteiger partial charge in [0.2, 0.25) is 0 Å². The number of hydrogen-bond acceptors (Lipinski definition) is 5. The number of nitrogens with zero attached hydrogens (tertiary/aromatic N) is 1. The highest BCUT2D eigenvalue weighted by molar-refractivity contribution is 9.10. The van der Waals surface area contributed by atoms with Gasteiger partial charge in [0.15, 0.2) is 11.5 Å². The molecule has 0 amide bonds. The Balaban J connectivity index is 1.66. The minimum absolute atomic E-state index is 0.0534. The van der Waals surface area contributed by atoms with Crippen LogP contribution in [0.15, 0.2) is 65.1 Å². The number of halogens is 2. The molecule has 6 nitrogen and oxygen atoms in total. The van der Waals surface area contributed by atoms with Crippen LogP contribution in [0.25, 0.3) is 0 Å². The molecule has 30 heavy (non-hydrogen) atoms. The Labute approximate surface area is 188 Å². The van der Waals surface area contributed by atoms with E-state index in [1.807, 2.05) is 43.3 Å². The summed E-state index contributed by atoms with van der Waals surface area (Å²) in [5.41, 5.74) is 2.83. The second-order valence-corrected chi connectivity index (χ2v) is 7.67. The molecule has 3 rings (SSSR count). The molecule has 3 aromatic carbocycles. The average molecular weight is 492 g/mol. The van der Waals surface area contributed by atoms with Crippen LogP contribution in [0.5, 0.6) is 11.5 Å². The topological polar surface area (TPSA) is 73.6 Å². The van der Waals surface area contributed by atoms with Gasteiger partial charge in [0.1, 0.15) is 6.61 Å². The molecule has 1 N–H and O–H groups in total. The van der Waals surface area contributed by atoms with Gasteiger partial charge in [-0.2, -0.15) is 0 Å². The summed E-state index contributed by atoms with van der Waals surface area (Å²) in [5.74, 6) is 1.26. The maximum absolute atomic E-state index is 10.8. The van der Waals surface area contributed by atoms with Gasteiger partial charge in [-0.3, -0.25) is 10.1 Å². The first kappa shape index (κ1) is 21.9. The number of anilines is 1. The predicted molar refractivity (Wildman–Crippen MR) is 122 cm³/mol. The van der Waals surface area contributed by atoms with Gasteiger partial charge < -0.3 is 14.8 Å². The monoisotopic (exact) mass is 490 g/mol. The van der Waals surface area contributed by atoms with E-state index < -0.39 is 4.92 Å². The Hall–Kier alpha value is -2.77. The van der Waals surface area contributed by atoms with Crippen LogP contribution in [-0.4, -0.2) is 11.5 Å². The van der Waals surface area contributed by atoms with Crippen LogP contribution >= 0.6 is 27.5 Å². The molecule has 0 unspecified atom stereocenters. The summed E-state index contributed by atoms with van der Waals surface area (Å²) >= 11 is 9.52. The van der Waals surface area contributed by atoms with Crippen molar-refractivity contribution in [3.63, 3.8) is 0 Å². The van der Waals surface area contributed by atoms with Crippen molar-refractivity contribution in [1.29, 1.82) is 0 Å². The van der Waals surface area contributed by atoms with E-state index in [1.54, 1.807) is 12.1 Å². The second kappa shape index (κ2) is 10.3. The van der Waals surface area contributed by atoms with Crippen LogP contribution in [0, 0.1) is 10.1 Å². The summed E-state index contributed by atoms with van der Waals surface area (Å²) in [5, 5.41) is 14.7. The summed E-state index contributed by atoms with van der Waals surface area (Å²) in [7, 11) is 0. The summed E-state index contributed by atoms with van der Waals surface area (Å²) in [6.45, 7) is 3.30. The normalized spacial score (nSPS) is 10.5. The fourth-order valence-corrected chi connectivity index (χ4v) is 3.16. The summed E-state index contributed by atoms with van der Waals surface area (Å²) in [6, 6.07) is 17.7. The minimum atomic E-state index is -0.424. The van der Waals surface area contributed by atoms with E-state index in [9.17, 15) is 10.1 Å². The van der Waals surface area contributed by atoms with Gasteiger partial charge in [-0.25, -0.2) is 0 Å². The summed E-state index contributed by atoms with van der Waals surface area (Å²) in [4.78, 5) is 10.3. The molecule has 0 aromatic heterocycles. The van der Waals surface area contributed by atoms with E-state index in [2.05, 4.69) is 21.2 Å². The third kappa shape index (κ3) is 5.87. The smallest absolute Gasteiger partial charge is 0.269 e. The number of rotatable bonds is 9. The van der Waals surface area contributed by atoms with Crippen molar-refractivity contribution in [2.75, 3.05) is 11.9 Å². The standard InChI is InChI=1S/C22H20BrClN2O4/c1-2-29-22-11-16(13-25-17-6-9-19(23)20(24)12-17)5-10-21(22)30-14-15-3-7-18(8-4-15)26(27)28/h3-12,25H,2,13-14H2,1H3. The van der Waals surface area contributed by atoms with Gasteiger partial charge in [-0.15, -0.1) is 0 Å². The Morgan fingerprint density at radius 2 is 1.73 bits per heavy atom. The van der Waals surface area contributed by atoms with Crippen molar-refractivity contribution in [2.24, 2.45) is 0 Å². The van der Waals surface area contributed by atoms with Crippen LogP contribution in [0.2, 0.25) is 5.02 Å². The fraction of sp³-hybridized carbons (Fsp3) is 0.182. The van der Waals surface area contributed by atoms with Crippen molar-refractivity contribution in [3.05, 3.63) is 91.4 Å². The first-order valence-corrected chi connectivity index (χ1v) is 10.4. The molecule has 0 fully saturated rings. The first-order valence-electron chi connectivity index (χ1n) is 9.27. The van der Waals surface area contributed by atoms with Crippen LogP contribution in [-0.2, 0) is 13.2 Å². The number of non-ortho nitro benzene ring substituents is 1. The molecular weight excluding hydrogens is 472 g/mol. The van der Waals surface area contributed by atoms with Crippen LogP contribution in [0.4, 0.5) is 11.4 Å². The number of ether oxygens (including phenoxy) is 2. The highest BCUT2D eigenvalue weighted by Crippen LogP contribution is 2.30.